The van der Waals surface area contributed by atoms with Crippen LogP contribution in [0.5, 0.6) is 0 Å². The molecule has 0 unspecified atom stereocenters. The Labute approximate surface area is 191 Å². The van der Waals surface area contributed by atoms with Crippen molar-refractivity contribution < 1.29 is 14.5 Å². The molecule has 0 heterocycles. The zero-order valence-electron chi connectivity index (χ0n) is 17.7. The average molecular weight is 464 g/mol. The predicted octanol–water partition coefficient (Wildman–Crippen LogP) is 4.42. The van der Waals surface area contributed by atoms with Crippen molar-refractivity contribution in [1.82, 2.24) is 10.2 Å². The number of benzene rings is 2. The molecular formula is C22H26ClN3O4S. The van der Waals surface area contributed by atoms with Gasteiger partial charge in [-0.05, 0) is 44.0 Å². The molecule has 2 aromatic carbocycles. The highest BCUT2D eigenvalue weighted by Gasteiger charge is 2.26. The average Bonchev–Trinajstić information content (AvgIpc) is 2.72. The van der Waals surface area contributed by atoms with Crippen molar-refractivity contribution >= 4 is 40.9 Å². The third-order valence-electron chi connectivity index (χ3n) is 4.51. The molecule has 9 heteroatoms. The first-order valence-corrected chi connectivity index (χ1v) is 11.4. The quantitative estimate of drug-likeness (QED) is 0.415. The molecule has 166 valence electrons. The molecule has 1 N–H and O–H groups in total. The molecule has 0 aromatic heterocycles. The second-order valence-corrected chi connectivity index (χ2v) is 8.83. The Morgan fingerprint density at radius 2 is 1.65 bits per heavy atom. The first-order chi connectivity index (χ1) is 14.7. The Morgan fingerprint density at radius 3 is 2.19 bits per heavy atom. The lowest BCUT2D eigenvalue weighted by Crippen LogP contribution is -2.49. The van der Waals surface area contributed by atoms with Gasteiger partial charge in [0.2, 0.25) is 11.8 Å². The Bertz CT molecular complexity index is 904. The number of carbonyl (C=O) groups is 2. The number of nitro benzene ring substituents is 1. The van der Waals surface area contributed by atoms with E-state index in [2.05, 4.69) is 5.32 Å². The highest BCUT2D eigenvalue weighted by Crippen LogP contribution is 2.19. The molecule has 2 rings (SSSR count). The molecule has 0 bridgehead atoms. The number of thioether (sulfide) groups is 1. The molecule has 31 heavy (non-hydrogen) atoms. The molecule has 0 saturated carbocycles. The number of hydrogen-bond donors (Lipinski definition) is 1. The van der Waals surface area contributed by atoms with E-state index in [1.54, 1.807) is 36.1 Å². The summed E-state index contributed by atoms with van der Waals surface area (Å²) >= 11 is 7.35. The number of nitro groups is 1. The minimum Gasteiger partial charge on any atom is -0.352 e. The van der Waals surface area contributed by atoms with E-state index in [1.807, 2.05) is 26.0 Å². The van der Waals surface area contributed by atoms with Crippen molar-refractivity contribution in [2.45, 2.75) is 45.2 Å². The van der Waals surface area contributed by atoms with Crippen molar-refractivity contribution in [3.8, 4) is 0 Å². The number of non-ortho nitro benzene ring substituents is 1. The van der Waals surface area contributed by atoms with Crippen LogP contribution in [0.25, 0.3) is 0 Å². The van der Waals surface area contributed by atoms with E-state index in [9.17, 15) is 19.7 Å². The van der Waals surface area contributed by atoms with Crippen LogP contribution < -0.4 is 5.32 Å². The summed E-state index contributed by atoms with van der Waals surface area (Å²) in [5.41, 5.74) is 1.80. The lowest BCUT2D eigenvalue weighted by molar-refractivity contribution is -0.384. The zero-order valence-corrected chi connectivity index (χ0v) is 19.3. The maximum absolute atomic E-state index is 13.0. The number of carbonyl (C=O) groups excluding carboxylic acids is 2. The maximum Gasteiger partial charge on any atom is 0.269 e. The fourth-order valence-electron chi connectivity index (χ4n) is 2.83. The van der Waals surface area contributed by atoms with Crippen LogP contribution in [0.3, 0.4) is 0 Å². The van der Waals surface area contributed by atoms with Crippen molar-refractivity contribution in [3.63, 3.8) is 0 Å². The first kappa shape index (κ1) is 24.7. The van der Waals surface area contributed by atoms with Gasteiger partial charge in [0.1, 0.15) is 6.04 Å². The maximum atomic E-state index is 13.0. The summed E-state index contributed by atoms with van der Waals surface area (Å²) < 4.78 is 0. The van der Waals surface area contributed by atoms with Crippen LogP contribution in [0.15, 0.2) is 48.5 Å². The van der Waals surface area contributed by atoms with Gasteiger partial charge in [-0.15, -0.1) is 11.8 Å². The van der Waals surface area contributed by atoms with Crippen LogP contribution in [0, 0.1) is 10.1 Å². The van der Waals surface area contributed by atoms with Gasteiger partial charge >= 0.3 is 0 Å². The third kappa shape index (κ3) is 7.88. The highest BCUT2D eigenvalue weighted by molar-refractivity contribution is 7.99. The van der Waals surface area contributed by atoms with E-state index in [-0.39, 0.29) is 29.3 Å². The van der Waals surface area contributed by atoms with Gasteiger partial charge < -0.3 is 10.2 Å². The minimum absolute atomic E-state index is 0.0288. The van der Waals surface area contributed by atoms with E-state index in [0.29, 0.717) is 17.3 Å². The van der Waals surface area contributed by atoms with Crippen LogP contribution in [-0.4, -0.2) is 39.5 Å². The van der Waals surface area contributed by atoms with Crippen LogP contribution in [0.2, 0.25) is 5.02 Å². The summed E-state index contributed by atoms with van der Waals surface area (Å²) in [7, 11) is 0. The molecule has 1 atom stereocenters. The van der Waals surface area contributed by atoms with Crippen molar-refractivity contribution in [1.29, 1.82) is 0 Å². The van der Waals surface area contributed by atoms with Crippen LogP contribution in [0.1, 0.15) is 31.9 Å². The van der Waals surface area contributed by atoms with Gasteiger partial charge in [-0.2, -0.15) is 0 Å². The van der Waals surface area contributed by atoms with Gasteiger partial charge in [0.05, 0.1) is 10.7 Å². The van der Waals surface area contributed by atoms with Gasteiger partial charge in [-0.3, -0.25) is 19.7 Å². The molecule has 0 spiro atoms. The van der Waals surface area contributed by atoms with Crippen LogP contribution in [0.4, 0.5) is 5.69 Å². The number of halogens is 1. The Morgan fingerprint density at radius 1 is 1.06 bits per heavy atom. The van der Waals surface area contributed by atoms with E-state index < -0.39 is 11.0 Å². The lowest BCUT2D eigenvalue weighted by Gasteiger charge is -2.29. The summed E-state index contributed by atoms with van der Waals surface area (Å²) in [4.78, 5) is 37.4. The standard InChI is InChI=1S/C22H26ClN3O4S/c1-15(2)24-22(28)16(3)25(12-17-4-8-19(23)9-5-17)21(27)14-31-13-18-6-10-20(11-7-18)26(29)30/h4-11,15-16H,12-14H2,1-3H3,(H,24,28)/t16-/m0/s1. The van der Waals surface area contributed by atoms with Gasteiger partial charge in [0.15, 0.2) is 0 Å². The molecule has 2 aromatic rings. The molecule has 0 saturated heterocycles. The number of amides is 2. The fraction of sp³-hybridized carbons (Fsp3) is 0.364. The van der Waals surface area contributed by atoms with Crippen molar-refractivity contribution in [2.75, 3.05) is 5.75 Å². The summed E-state index contributed by atoms with van der Waals surface area (Å²) in [6.07, 6.45) is 0. The largest absolute Gasteiger partial charge is 0.352 e. The summed E-state index contributed by atoms with van der Waals surface area (Å²) in [6.45, 7) is 5.75. The number of hydrogen-bond acceptors (Lipinski definition) is 5. The van der Waals surface area contributed by atoms with Crippen molar-refractivity contribution in [2.24, 2.45) is 0 Å². The molecular weight excluding hydrogens is 438 g/mol. The topological polar surface area (TPSA) is 92.6 Å². The van der Waals surface area contributed by atoms with E-state index >= 15 is 0 Å². The first-order valence-electron chi connectivity index (χ1n) is 9.82. The summed E-state index contributed by atoms with van der Waals surface area (Å²) in [6, 6.07) is 12.8. The molecule has 0 fully saturated rings. The number of nitrogens with one attached hydrogen (secondary N) is 1. The van der Waals surface area contributed by atoms with Crippen LogP contribution in [-0.2, 0) is 21.9 Å². The third-order valence-corrected chi connectivity index (χ3v) is 5.75. The smallest absolute Gasteiger partial charge is 0.269 e. The lowest BCUT2D eigenvalue weighted by atomic mass is 10.1. The number of nitrogens with zero attached hydrogens (tertiary/aromatic N) is 2. The minimum atomic E-state index is -0.634. The predicted molar refractivity (Wildman–Crippen MR) is 124 cm³/mol. The van der Waals surface area contributed by atoms with Crippen LogP contribution >= 0.6 is 23.4 Å². The molecule has 7 nitrogen and oxygen atoms in total. The van der Waals surface area contributed by atoms with Gasteiger partial charge in [-0.25, -0.2) is 0 Å². The Hall–Kier alpha value is -2.58. The van der Waals surface area contributed by atoms with E-state index in [4.69, 9.17) is 11.6 Å². The number of rotatable bonds is 10. The van der Waals surface area contributed by atoms with Gasteiger partial charge in [-0.1, -0.05) is 35.9 Å². The summed E-state index contributed by atoms with van der Waals surface area (Å²) in [5.74, 6) is 0.348. The zero-order chi connectivity index (χ0) is 23.0. The van der Waals surface area contributed by atoms with Gasteiger partial charge in [0.25, 0.3) is 5.69 Å². The molecule has 2 amide bonds. The normalized spacial score (nSPS) is 11.8. The molecule has 0 aliphatic heterocycles. The van der Waals surface area contributed by atoms with E-state index in [1.165, 1.54) is 23.9 Å². The SMILES string of the molecule is CC(C)NC(=O)[C@H](C)N(Cc1ccc(Cl)cc1)C(=O)CSCc1ccc([N+](=O)[O-])cc1. The molecule has 0 radical (unpaired) electrons. The monoisotopic (exact) mass is 463 g/mol. The molecule has 0 aliphatic carbocycles. The molecule has 0 aliphatic rings. The summed E-state index contributed by atoms with van der Waals surface area (Å²) in [5, 5.41) is 14.2. The van der Waals surface area contributed by atoms with Gasteiger partial charge in [0, 0.05) is 35.5 Å². The Balaban J connectivity index is 2.04. The highest BCUT2D eigenvalue weighted by atomic mass is 35.5. The fourth-order valence-corrected chi connectivity index (χ4v) is 3.82. The van der Waals surface area contributed by atoms with Crippen molar-refractivity contribution in [3.05, 3.63) is 74.8 Å². The van der Waals surface area contributed by atoms with E-state index in [0.717, 1.165) is 11.1 Å². The second-order valence-electron chi connectivity index (χ2n) is 7.40. The second kappa shape index (κ2) is 11.7. The Kier molecular flexibility index (Phi) is 9.33.